The van der Waals surface area contributed by atoms with Crippen molar-refractivity contribution in [3.8, 4) is 5.75 Å². The van der Waals surface area contributed by atoms with Crippen LogP contribution in [0.2, 0.25) is 0 Å². The van der Waals surface area contributed by atoms with E-state index in [-0.39, 0.29) is 10.9 Å². The average Bonchev–Trinajstić information content (AvgIpc) is 2.56. The van der Waals surface area contributed by atoms with Gasteiger partial charge in [0.15, 0.2) is 5.69 Å². The maximum Gasteiger partial charge on any atom is 0.410 e. The lowest BCUT2D eigenvalue weighted by atomic mass is 10.2. The molecule has 2 aromatic carbocycles. The molecule has 8 heteroatoms. The van der Waals surface area contributed by atoms with Crippen LogP contribution in [0.25, 0.3) is 0 Å². The Balaban J connectivity index is 2.44. The third kappa shape index (κ3) is 3.79. The lowest BCUT2D eigenvalue weighted by Gasteiger charge is -2.09. The fourth-order valence-electron chi connectivity index (χ4n) is 2.11. The van der Waals surface area contributed by atoms with Crippen molar-refractivity contribution in [1.82, 2.24) is 5.43 Å². The lowest BCUT2D eigenvalue weighted by molar-refractivity contribution is -0.451. The fraction of sp³-hybridized carbons (Fsp3) is 0.133. The van der Waals surface area contributed by atoms with E-state index >= 15 is 0 Å². The normalized spacial score (nSPS) is 12.4. The highest BCUT2D eigenvalue weighted by Crippen LogP contribution is 2.20. The summed E-state index contributed by atoms with van der Waals surface area (Å²) in [7, 11) is -2.32. The summed E-state index contributed by atoms with van der Waals surface area (Å²) >= 11 is 0. The van der Waals surface area contributed by atoms with Gasteiger partial charge >= 0.3 is 5.17 Å². The summed E-state index contributed by atoms with van der Waals surface area (Å²) in [5.41, 5.74) is 3.19. The molecule has 0 unspecified atom stereocenters. The van der Waals surface area contributed by atoms with Crippen LogP contribution in [0.5, 0.6) is 5.75 Å². The number of hydrogen-bond donors (Lipinski definition) is 3. The second kappa shape index (κ2) is 7.12. The number of amidine groups is 1. The van der Waals surface area contributed by atoms with Gasteiger partial charge in [0.25, 0.3) is 9.84 Å². The smallest absolute Gasteiger partial charge is 0.410 e. The zero-order valence-corrected chi connectivity index (χ0v) is 13.5. The quantitative estimate of drug-likeness (QED) is 0.249. The van der Waals surface area contributed by atoms with Crippen molar-refractivity contribution in [2.45, 2.75) is 5.75 Å². The molecule has 2 aromatic rings. The van der Waals surface area contributed by atoms with Gasteiger partial charge in [0.05, 0.1) is 12.9 Å². The van der Waals surface area contributed by atoms with E-state index in [1.54, 1.807) is 54.6 Å². The highest BCUT2D eigenvalue weighted by molar-refractivity contribution is 8.05. The molecule has 5 N–H and O–H groups in total. The van der Waals surface area contributed by atoms with E-state index in [0.29, 0.717) is 17.0 Å². The van der Waals surface area contributed by atoms with Gasteiger partial charge in [0.1, 0.15) is 5.75 Å². The number of nitrogens with two attached hydrogens (primary N) is 2. The van der Waals surface area contributed by atoms with Gasteiger partial charge in [-0.1, -0.05) is 36.4 Å². The van der Waals surface area contributed by atoms with E-state index in [1.807, 2.05) is 0 Å². The Morgan fingerprint density at radius 2 is 1.74 bits per heavy atom. The standard InChI is InChI=1S/C15H18N4O3S/c1-22-14-10-6-5-7-12(14)11-23(20,21)15(18-16)19(17)13-8-3-2-4-9-13/h2-10H,11,16-17H2,1H3/p+1. The number of nitrogens with zero attached hydrogens (tertiary/aromatic N) is 1. The Morgan fingerprint density at radius 1 is 1.13 bits per heavy atom. The first-order chi connectivity index (χ1) is 11.0. The first kappa shape index (κ1) is 16.8. The molecule has 0 aromatic heterocycles. The van der Waals surface area contributed by atoms with Crippen LogP contribution in [0, 0.1) is 0 Å². The first-order valence-corrected chi connectivity index (χ1v) is 8.43. The topological polar surface area (TPSA) is 110 Å². The number of nitrogens with one attached hydrogen (secondary N) is 1. The molecule has 0 aliphatic rings. The van der Waals surface area contributed by atoms with Crippen molar-refractivity contribution >= 4 is 20.7 Å². The number of rotatable bonds is 4. The van der Waals surface area contributed by atoms with E-state index in [9.17, 15) is 8.42 Å². The van der Waals surface area contributed by atoms with Crippen LogP contribution in [-0.2, 0) is 15.6 Å². The monoisotopic (exact) mass is 335 g/mol. The Bertz CT molecular complexity index is 804. The van der Waals surface area contributed by atoms with E-state index in [0.717, 1.165) is 4.68 Å². The predicted molar refractivity (Wildman–Crippen MR) is 88.5 cm³/mol. The molecular weight excluding hydrogens is 316 g/mol. The number of sulfone groups is 1. The van der Waals surface area contributed by atoms with Crippen molar-refractivity contribution in [2.75, 3.05) is 7.11 Å². The maximum atomic E-state index is 12.7. The number of hydrogen-bond acceptors (Lipinski definition) is 5. The number of ether oxygens (including phenoxy) is 1. The minimum absolute atomic E-state index is 0.295. The third-order valence-corrected chi connectivity index (χ3v) is 4.80. The van der Waals surface area contributed by atoms with E-state index in [2.05, 4.69) is 5.43 Å². The minimum Gasteiger partial charge on any atom is -0.496 e. The molecule has 0 bridgehead atoms. The summed E-state index contributed by atoms with van der Waals surface area (Å²) in [4.78, 5) is 0. The van der Waals surface area contributed by atoms with Crippen LogP contribution >= 0.6 is 0 Å². The molecule has 0 saturated heterocycles. The average molecular weight is 335 g/mol. The van der Waals surface area contributed by atoms with E-state index < -0.39 is 9.84 Å². The van der Waals surface area contributed by atoms with Crippen molar-refractivity contribution in [2.24, 2.45) is 11.7 Å². The number of hydrazone groups is 1. The molecule has 0 saturated carbocycles. The summed E-state index contributed by atoms with van der Waals surface area (Å²) < 4.78 is 31.5. The highest BCUT2D eigenvalue weighted by atomic mass is 32.2. The summed E-state index contributed by atoms with van der Waals surface area (Å²) in [6.07, 6.45) is 0. The van der Waals surface area contributed by atoms with Gasteiger partial charge in [-0.15, -0.1) is 4.68 Å². The van der Waals surface area contributed by atoms with E-state index in [4.69, 9.17) is 16.4 Å². The van der Waals surface area contributed by atoms with Gasteiger partial charge in [0, 0.05) is 5.56 Å². The molecule has 0 spiro atoms. The largest absolute Gasteiger partial charge is 0.496 e. The van der Waals surface area contributed by atoms with Crippen molar-refractivity contribution in [1.29, 1.82) is 0 Å². The van der Waals surface area contributed by atoms with Crippen LogP contribution in [0.15, 0.2) is 54.6 Å². The fourth-order valence-corrected chi connectivity index (χ4v) is 3.48. The number of benzene rings is 2. The summed E-state index contributed by atoms with van der Waals surface area (Å²) in [6, 6.07) is 15.5. The van der Waals surface area contributed by atoms with Gasteiger partial charge in [-0.2, -0.15) is 11.3 Å². The molecule has 0 radical (unpaired) electrons. The van der Waals surface area contributed by atoms with Gasteiger partial charge in [-0.25, -0.2) is 8.42 Å². The van der Waals surface area contributed by atoms with Crippen LogP contribution in [0.1, 0.15) is 5.56 Å². The Morgan fingerprint density at radius 3 is 2.35 bits per heavy atom. The molecule has 23 heavy (non-hydrogen) atoms. The van der Waals surface area contributed by atoms with E-state index in [1.165, 1.54) is 7.11 Å². The van der Waals surface area contributed by atoms with Crippen molar-refractivity contribution in [3.05, 3.63) is 60.2 Å². The van der Waals surface area contributed by atoms with Crippen molar-refractivity contribution in [3.63, 3.8) is 0 Å². The van der Waals surface area contributed by atoms with Gasteiger partial charge in [-0.05, 0) is 18.2 Å². The highest BCUT2D eigenvalue weighted by Gasteiger charge is 2.30. The first-order valence-electron chi connectivity index (χ1n) is 6.77. The minimum atomic E-state index is -3.80. The number of methoxy groups -OCH3 is 1. The number of hydrazine groups is 2. The molecule has 0 atom stereocenters. The number of para-hydroxylation sites is 2. The molecule has 0 heterocycles. The molecule has 0 aliphatic carbocycles. The van der Waals surface area contributed by atoms with Crippen LogP contribution < -0.4 is 21.8 Å². The summed E-state index contributed by atoms with van der Waals surface area (Å²) in [5.74, 6) is 11.5. The Hall–Kier alpha value is -2.58. The van der Waals surface area contributed by atoms with Crippen LogP contribution in [0.4, 0.5) is 5.69 Å². The van der Waals surface area contributed by atoms with Crippen molar-refractivity contribution < 1.29 is 17.8 Å². The Kier molecular flexibility index (Phi) is 5.20. The second-order valence-electron chi connectivity index (χ2n) is 4.73. The lowest BCUT2D eigenvalue weighted by Crippen LogP contribution is -2.45. The van der Waals surface area contributed by atoms with Crippen LogP contribution in [-0.4, -0.2) is 25.4 Å². The molecule has 7 nitrogen and oxygen atoms in total. The molecule has 2 rings (SSSR count). The molecule has 0 amide bonds. The summed E-state index contributed by atoms with van der Waals surface area (Å²) in [6.45, 7) is 0. The van der Waals surface area contributed by atoms with Crippen LogP contribution in [0.3, 0.4) is 0 Å². The molecule has 0 aliphatic heterocycles. The molecular formula is C15H19N4O3S+. The van der Waals surface area contributed by atoms with Gasteiger partial charge in [-0.3, -0.25) is 5.84 Å². The summed E-state index contributed by atoms with van der Waals surface area (Å²) in [5, 5.41) is -0.297. The zero-order valence-electron chi connectivity index (χ0n) is 12.6. The second-order valence-corrected chi connectivity index (χ2v) is 6.63. The Labute approximate surface area is 135 Å². The maximum absolute atomic E-state index is 12.7. The molecule has 0 fully saturated rings. The SMILES string of the molecule is COc1ccccc1CS(=O)(=O)C(NN)=[N+](N)c1ccccc1. The van der Waals surface area contributed by atoms with Gasteiger partial charge in [0.2, 0.25) is 0 Å². The third-order valence-electron chi connectivity index (χ3n) is 3.21. The predicted octanol–water partition coefficient (Wildman–Crippen LogP) is 0.647. The molecule has 122 valence electrons. The zero-order chi connectivity index (χ0) is 16.9. The van der Waals surface area contributed by atoms with Gasteiger partial charge < -0.3 is 4.74 Å².